The Morgan fingerprint density at radius 2 is 1.94 bits per heavy atom. The van der Waals surface area contributed by atoms with E-state index in [-0.39, 0.29) is 12.3 Å². The van der Waals surface area contributed by atoms with Crippen molar-refractivity contribution in [2.75, 3.05) is 13.1 Å². The van der Waals surface area contributed by atoms with Crippen molar-refractivity contribution in [1.29, 1.82) is 0 Å². The molecule has 0 aliphatic heterocycles. The normalized spacial score (nSPS) is 11.1. The summed E-state index contributed by atoms with van der Waals surface area (Å²) in [5.74, 6) is 0.653. The number of hydrogen-bond acceptors (Lipinski definition) is 3. The summed E-state index contributed by atoms with van der Waals surface area (Å²) >= 11 is 0. The van der Waals surface area contributed by atoms with Gasteiger partial charge in [0, 0.05) is 0 Å². The van der Waals surface area contributed by atoms with Crippen molar-refractivity contribution in [1.82, 2.24) is 4.31 Å². The third-order valence-corrected chi connectivity index (χ3v) is 3.91. The zero-order chi connectivity index (χ0) is 13.6. The van der Waals surface area contributed by atoms with Crippen LogP contribution in [0.15, 0.2) is 30.3 Å². The summed E-state index contributed by atoms with van der Waals surface area (Å²) in [5.41, 5.74) is 0.588. The minimum atomic E-state index is -3.72. The third-order valence-electron chi connectivity index (χ3n) is 2.16. The van der Waals surface area contributed by atoms with Crippen LogP contribution in [0.5, 0.6) is 0 Å². The molecule has 0 atom stereocenters. The molecule has 0 aliphatic carbocycles. The molecule has 0 heterocycles. The highest BCUT2D eigenvalue weighted by atomic mass is 32.2. The molecular formula is C12H13NO4S. The number of terminal acetylenes is 1. The van der Waals surface area contributed by atoms with Crippen LogP contribution in [-0.4, -0.2) is 36.9 Å². The molecule has 0 spiro atoms. The Labute approximate surface area is 106 Å². The lowest BCUT2D eigenvalue weighted by atomic mass is 10.2. The number of benzene rings is 1. The van der Waals surface area contributed by atoms with Crippen molar-refractivity contribution in [3.05, 3.63) is 35.9 Å². The quantitative estimate of drug-likeness (QED) is 0.763. The van der Waals surface area contributed by atoms with Gasteiger partial charge >= 0.3 is 5.97 Å². The fourth-order valence-corrected chi connectivity index (χ4v) is 2.76. The van der Waals surface area contributed by atoms with Gasteiger partial charge in [-0.25, -0.2) is 8.42 Å². The summed E-state index contributed by atoms with van der Waals surface area (Å²) in [6.07, 6.45) is 5.05. The Morgan fingerprint density at radius 3 is 2.44 bits per heavy atom. The van der Waals surface area contributed by atoms with E-state index in [0.717, 1.165) is 4.31 Å². The number of nitrogens with zero attached hydrogens (tertiary/aromatic N) is 1. The predicted octanol–water partition coefficient (Wildman–Crippen LogP) is 0.536. The van der Waals surface area contributed by atoms with E-state index >= 15 is 0 Å². The van der Waals surface area contributed by atoms with Gasteiger partial charge in [0.2, 0.25) is 10.0 Å². The highest BCUT2D eigenvalue weighted by Crippen LogP contribution is 2.10. The number of carboxylic acid groups (broad SMARTS) is 1. The average molecular weight is 267 g/mol. The van der Waals surface area contributed by atoms with E-state index in [1.807, 2.05) is 0 Å². The zero-order valence-electron chi connectivity index (χ0n) is 9.61. The Morgan fingerprint density at radius 1 is 1.33 bits per heavy atom. The molecule has 1 N–H and O–H groups in total. The van der Waals surface area contributed by atoms with Crippen LogP contribution in [0, 0.1) is 12.3 Å². The van der Waals surface area contributed by atoms with Gasteiger partial charge in [-0.05, 0) is 5.56 Å². The van der Waals surface area contributed by atoms with Crippen molar-refractivity contribution in [3.8, 4) is 12.3 Å². The molecule has 0 radical (unpaired) electrons. The van der Waals surface area contributed by atoms with Crippen LogP contribution in [-0.2, 0) is 20.6 Å². The molecule has 96 valence electrons. The summed E-state index contributed by atoms with van der Waals surface area (Å²) in [6, 6.07) is 8.52. The highest BCUT2D eigenvalue weighted by molar-refractivity contribution is 7.88. The summed E-state index contributed by atoms with van der Waals surface area (Å²) in [5, 5.41) is 8.67. The van der Waals surface area contributed by atoms with E-state index < -0.39 is 22.5 Å². The summed E-state index contributed by atoms with van der Waals surface area (Å²) < 4.78 is 24.8. The van der Waals surface area contributed by atoms with E-state index in [1.165, 1.54) is 0 Å². The second kappa shape index (κ2) is 6.19. The van der Waals surface area contributed by atoms with Gasteiger partial charge in [0.05, 0.1) is 12.3 Å². The number of rotatable bonds is 6. The molecule has 0 unspecified atom stereocenters. The van der Waals surface area contributed by atoms with Gasteiger partial charge in [-0.3, -0.25) is 4.79 Å². The van der Waals surface area contributed by atoms with E-state index in [9.17, 15) is 13.2 Å². The zero-order valence-corrected chi connectivity index (χ0v) is 10.4. The topological polar surface area (TPSA) is 74.7 Å². The van der Waals surface area contributed by atoms with Crippen LogP contribution in [0.4, 0.5) is 0 Å². The molecule has 0 aromatic heterocycles. The number of aliphatic carboxylic acids is 1. The van der Waals surface area contributed by atoms with E-state index in [1.54, 1.807) is 30.3 Å². The van der Waals surface area contributed by atoms with Crippen LogP contribution in [0.25, 0.3) is 0 Å². The Balaban J connectivity index is 2.89. The summed E-state index contributed by atoms with van der Waals surface area (Å²) in [7, 11) is -3.72. The Bertz CT molecular complexity index is 545. The van der Waals surface area contributed by atoms with Gasteiger partial charge in [0.1, 0.15) is 6.54 Å². The molecular weight excluding hydrogens is 254 g/mol. The van der Waals surface area contributed by atoms with Crippen molar-refractivity contribution in [2.24, 2.45) is 0 Å². The summed E-state index contributed by atoms with van der Waals surface area (Å²) in [4.78, 5) is 10.6. The third kappa shape index (κ3) is 4.20. The van der Waals surface area contributed by atoms with Gasteiger partial charge in [-0.1, -0.05) is 36.3 Å². The first-order valence-corrected chi connectivity index (χ1v) is 6.73. The molecule has 5 nitrogen and oxygen atoms in total. The van der Waals surface area contributed by atoms with Gasteiger partial charge in [-0.15, -0.1) is 6.42 Å². The number of carbonyl (C=O) groups is 1. The first kappa shape index (κ1) is 14.2. The SMILES string of the molecule is C#CCN(CC(=O)O)S(=O)(=O)Cc1ccccc1. The molecule has 1 aromatic rings. The minimum absolute atomic E-state index is 0.249. The van der Waals surface area contributed by atoms with Gasteiger partial charge in [-0.2, -0.15) is 4.31 Å². The summed E-state index contributed by atoms with van der Waals surface area (Å²) in [6.45, 7) is -0.874. The van der Waals surface area contributed by atoms with Crippen LogP contribution in [0.1, 0.15) is 5.56 Å². The molecule has 1 rings (SSSR count). The smallest absolute Gasteiger partial charge is 0.318 e. The standard InChI is InChI=1S/C12H13NO4S/c1-2-8-13(9-12(14)15)18(16,17)10-11-6-4-3-5-7-11/h1,3-7H,8-10H2,(H,14,15). The lowest BCUT2D eigenvalue weighted by molar-refractivity contribution is -0.137. The lowest BCUT2D eigenvalue weighted by Crippen LogP contribution is -2.36. The van der Waals surface area contributed by atoms with E-state index in [0.29, 0.717) is 5.56 Å². The average Bonchev–Trinajstić information content (AvgIpc) is 2.28. The molecule has 6 heteroatoms. The van der Waals surface area contributed by atoms with Crippen molar-refractivity contribution in [3.63, 3.8) is 0 Å². The first-order chi connectivity index (χ1) is 8.45. The molecule has 0 saturated carbocycles. The minimum Gasteiger partial charge on any atom is -0.480 e. The molecule has 0 fully saturated rings. The maximum atomic E-state index is 12.0. The van der Waals surface area contributed by atoms with Crippen LogP contribution in [0.3, 0.4) is 0 Å². The van der Waals surface area contributed by atoms with Crippen molar-refractivity contribution in [2.45, 2.75) is 5.75 Å². The fraction of sp³-hybridized carbons (Fsp3) is 0.250. The number of carboxylic acids is 1. The highest BCUT2D eigenvalue weighted by Gasteiger charge is 2.23. The second-order valence-corrected chi connectivity index (χ2v) is 5.58. The van der Waals surface area contributed by atoms with Gasteiger partial charge in [0.25, 0.3) is 0 Å². The van der Waals surface area contributed by atoms with Crippen molar-refractivity contribution < 1.29 is 18.3 Å². The van der Waals surface area contributed by atoms with Gasteiger partial charge in [0.15, 0.2) is 0 Å². The second-order valence-electron chi connectivity index (χ2n) is 3.61. The molecule has 0 aliphatic rings. The Kier molecular flexibility index (Phi) is 4.89. The molecule has 18 heavy (non-hydrogen) atoms. The number of hydrogen-bond donors (Lipinski definition) is 1. The molecule has 1 aromatic carbocycles. The van der Waals surface area contributed by atoms with Crippen molar-refractivity contribution >= 4 is 16.0 Å². The largest absolute Gasteiger partial charge is 0.480 e. The fourth-order valence-electron chi connectivity index (χ4n) is 1.38. The first-order valence-electron chi connectivity index (χ1n) is 5.12. The maximum absolute atomic E-state index is 12.0. The lowest BCUT2D eigenvalue weighted by Gasteiger charge is -2.17. The van der Waals surface area contributed by atoms with Crippen LogP contribution in [0.2, 0.25) is 0 Å². The Hall–Kier alpha value is -1.84. The monoisotopic (exact) mass is 267 g/mol. The number of sulfonamides is 1. The molecule has 0 saturated heterocycles. The van der Waals surface area contributed by atoms with E-state index in [4.69, 9.17) is 11.5 Å². The predicted molar refractivity (Wildman–Crippen MR) is 67.1 cm³/mol. The van der Waals surface area contributed by atoms with Crippen LogP contribution >= 0.6 is 0 Å². The van der Waals surface area contributed by atoms with Crippen LogP contribution < -0.4 is 0 Å². The molecule has 0 bridgehead atoms. The van der Waals surface area contributed by atoms with E-state index in [2.05, 4.69) is 5.92 Å². The van der Waals surface area contributed by atoms with Gasteiger partial charge < -0.3 is 5.11 Å². The molecule has 0 amide bonds. The maximum Gasteiger partial charge on any atom is 0.318 e.